The van der Waals surface area contributed by atoms with E-state index in [9.17, 15) is 4.79 Å². The lowest BCUT2D eigenvalue weighted by Gasteiger charge is -2.11. The van der Waals surface area contributed by atoms with E-state index in [1.165, 1.54) is 0 Å². The third-order valence-corrected chi connectivity index (χ3v) is 2.82. The number of rotatable bonds is 6. The predicted molar refractivity (Wildman–Crippen MR) is 103 cm³/mol. The SMILES string of the molecule is C=C(C)CN=C(N)NCCc1cccc(C(=O)N(C)C)c1.I. The van der Waals surface area contributed by atoms with Crippen LogP contribution in [-0.2, 0) is 6.42 Å². The van der Waals surface area contributed by atoms with Crippen LogP contribution in [0.2, 0.25) is 0 Å². The summed E-state index contributed by atoms with van der Waals surface area (Å²) in [6.07, 6.45) is 0.776. The Bertz CT molecular complexity index is 541. The molecule has 0 radical (unpaired) electrons. The van der Waals surface area contributed by atoms with Gasteiger partial charge in [-0.3, -0.25) is 4.79 Å². The Hall–Kier alpha value is -1.57. The summed E-state index contributed by atoms with van der Waals surface area (Å²) in [5.41, 5.74) is 8.49. The molecule has 0 saturated heterocycles. The molecule has 0 bridgehead atoms. The second kappa shape index (κ2) is 10.2. The summed E-state index contributed by atoms with van der Waals surface area (Å²) >= 11 is 0. The van der Waals surface area contributed by atoms with E-state index in [0.29, 0.717) is 24.6 Å². The van der Waals surface area contributed by atoms with E-state index in [4.69, 9.17) is 5.73 Å². The van der Waals surface area contributed by atoms with Crippen LogP contribution in [0, 0.1) is 0 Å². The lowest BCUT2D eigenvalue weighted by molar-refractivity contribution is 0.0827. The third-order valence-electron chi connectivity index (χ3n) is 2.82. The van der Waals surface area contributed by atoms with Gasteiger partial charge in [0.15, 0.2) is 5.96 Å². The van der Waals surface area contributed by atoms with Crippen LogP contribution in [0.15, 0.2) is 41.4 Å². The predicted octanol–water partition coefficient (Wildman–Crippen LogP) is 2.03. The average molecular weight is 416 g/mol. The molecule has 0 aliphatic rings. The molecule has 5 nitrogen and oxygen atoms in total. The van der Waals surface area contributed by atoms with Crippen molar-refractivity contribution in [3.05, 3.63) is 47.5 Å². The molecular weight excluding hydrogens is 391 g/mol. The first kappa shape index (κ1) is 20.4. The molecule has 1 amide bonds. The van der Waals surface area contributed by atoms with Crippen molar-refractivity contribution in [2.24, 2.45) is 10.7 Å². The van der Waals surface area contributed by atoms with E-state index < -0.39 is 0 Å². The first-order valence-electron chi connectivity index (χ1n) is 6.89. The maximum absolute atomic E-state index is 11.9. The summed E-state index contributed by atoms with van der Waals surface area (Å²) in [7, 11) is 3.49. The third kappa shape index (κ3) is 7.44. The minimum atomic E-state index is 0. The standard InChI is InChI=1S/C16H24N4O.HI/c1-12(2)11-19-16(17)18-9-8-13-6-5-7-14(10-13)15(21)20(3)4;/h5-7,10H,1,8-9,11H2,2-4H3,(H3,17,18,19);1H. The van der Waals surface area contributed by atoms with E-state index in [-0.39, 0.29) is 29.9 Å². The Morgan fingerprint density at radius 2 is 2.09 bits per heavy atom. The first-order chi connectivity index (χ1) is 9.90. The van der Waals surface area contributed by atoms with E-state index >= 15 is 0 Å². The number of amides is 1. The Balaban J connectivity index is 0.00000441. The largest absolute Gasteiger partial charge is 0.370 e. The lowest BCUT2D eigenvalue weighted by Crippen LogP contribution is -2.33. The van der Waals surface area contributed by atoms with Crippen LogP contribution in [0.1, 0.15) is 22.8 Å². The van der Waals surface area contributed by atoms with Crippen molar-refractivity contribution in [3.8, 4) is 0 Å². The number of nitrogens with zero attached hydrogens (tertiary/aromatic N) is 2. The van der Waals surface area contributed by atoms with Gasteiger partial charge in [0.2, 0.25) is 0 Å². The molecule has 0 fully saturated rings. The van der Waals surface area contributed by atoms with Crippen molar-refractivity contribution < 1.29 is 4.79 Å². The van der Waals surface area contributed by atoms with E-state index in [1.807, 2.05) is 31.2 Å². The van der Waals surface area contributed by atoms with Crippen molar-refractivity contribution in [2.75, 3.05) is 27.2 Å². The summed E-state index contributed by atoms with van der Waals surface area (Å²) in [6, 6.07) is 7.62. The second-order valence-corrected chi connectivity index (χ2v) is 5.24. The minimum absolute atomic E-state index is 0. The van der Waals surface area contributed by atoms with Gasteiger partial charge in [-0.25, -0.2) is 4.99 Å². The molecule has 0 unspecified atom stereocenters. The Labute approximate surface area is 149 Å². The van der Waals surface area contributed by atoms with Crippen molar-refractivity contribution in [3.63, 3.8) is 0 Å². The minimum Gasteiger partial charge on any atom is -0.370 e. The van der Waals surface area contributed by atoms with Gasteiger partial charge in [-0.05, 0) is 31.0 Å². The highest BCUT2D eigenvalue weighted by Gasteiger charge is 2.07. The number of guanidine groups is 1. The van der Waals surface area contributed by atoms with Gasteiger partial charge in [0.1, 0.15) is 0 Å². The summed E-state index contributed by atoms with van der Waals surface area (Å²) in [5, 5.41) is 3.05. The molecule has 1 aromatic rings. The summed E-state index contributed by atoms with van der Waals surface area (Å²) in [6.45, 7) is 6.88. The Kier molecular flexibility index (Phi) is 9.48. The lowest BCUT2D eigenvalue weighted by atomic mass is 10.1. The van der Waals surface area contributed by atoms with Gasteiger partial charge in [0.25, 0.3) is 5.91 Å². The summed E-state index contributed by atoms with van der Waals surface area (Å²) < 4.78 is 0. The number of halogens is 1. The molecule has 0 atom stereocenters. The number of carbonyl (C=O) groups excluding carboxylic acids is 1. The topological polar surface area (TPSA) is 70.7 Å². The fourth-order valence-corrected chi connectivity index (χ4v) is 1.73. The molecule has 0 aromatic heterocycles. The number of aliphatic imine (C=N–C) groups is 1. The van der Waals surface area contributed by atoms with Crippen LogP contribution < -0.4 is 11.1 Å². The highest BCUT2D eigenvalue weighted by Crippen LogP contribution is 2.07. The molecule has 22 heavy (non-hydrogen) atoms. The smallest absolute Gasteiger partial charge is 0.253 e. The number of benzene rings is 1. The van der Waals surface area contributed by atoms with Crippen molar-refractivity contribution >= 4 is 35.8 Å². The van der Waals surface area contributed by atoms with Gasteiger partial charge < -0.3 is 16.0 Å². The van der Waals surface area contributed by atoms with Gasteiger partial charge in [-0.1, -0.05) is 24.3 Å². The number of nitrogens with two attached hydrogens (primary N) is 1. The maximum Gasteiger partial charge on any atom is 0.253 e. The molecule has 0 spiro atoms. The monoisotopic (exact) mass is 416 g/mol. The maximum atomic E-state index is 11.9. The zero-order chi connectivity index (χ0) is 15.8. The van der Waals surface area contributed by atoms with Crippen LogP contribution in [0.5, 0.6) is 0 Å². The average Bonchev–Trinajstić information content (AvgIpc) is 2.44. The van der Waals surface area contributed by atoms with Gasteiger partial charge in [0.05, 0.1) is 6.54 Å². The molecule has 0 heterocycles. The van der Waals surface area contributed by atoms with E-state index in [1.54, 1.807) is 19.0 Å². The molecule has 6 heteroatoms. The fraction of sp³-hybridized carbons (Fsp3) is 0.375. The van der Waals surface area contributed by atoms with E-state index in [2.05, 4.69) is 16.9 Å². The quantitative estimate of drug-likeness (QED) is 0.323. The first-order valence-corrected chi connectivity index (χ1v) is 6.89. The Morgan fingerprint density at radius 3 is 2.68 bits per heavy atom. The van der Waals surface area contributed by atoms with Crippen LogP contribution in [0.4, 0.5) is 0 Å². The van der Waals surface area contributed by atoms with Gasteiger partial charge in [0, 0.05) is 26.2 Å². The highest BCUT2D eigenvalue weighted by molar-refractivity contribution is 14.0. The molecule has 0 saturated carbocycles. The summed E-state index contributed by atoms with van der Waals surface area (Å²) in [4.78, 5) is 17.6. The number of hydrogen-bond donors (Lipinski definition) is 2. The van der Waals surface area contributed by atoms with E-state index in [0.717, 1.165) is 17.6 Å². The molecule has 1 rings (SSSR count). The van der Waals surface area contributed by atoms with Gasteiger partial charge in [-0.2, -0.15) is 0 Å². The highest BCUT2D eigenvalue weighted by atomic mass is 127. The molecule has 3 N–H and O–H groups in total. The van der Waals surface area contributed by atoms with Crippen molar-refractivity contribution in [1.29, 1.82) is 0 Å². The normalized spacial score (nSPS) is 10.6. The van der Waals surface area contributed by atoms with Crippen LogP contribution in [0.3, 0.4) is 0 Å². The molecule has 122 valence electrons. The van der Waals surface area contributed by atoms with Crippen LogP contribution >= 0.6 is 24.0 Å². The zero-order valence-corrected chi connectivity index (χ0v) is 15.8. The van der Waals surface area contributed by atoms with Crippen molar-refractivity contribution in [1.82, 2.24) is 10.2 Å². The Morgan fingerprint density at radius 1 is 1.41 bits per heavy atom. The van der Waals surface area contributed by atoms with Crippen molar-refractivity contribution in [2.45, 2.75) is 13.3 Å². The molecular formula is C16H25IN4O. The summed E-state index contributed by atoms with van der Waals surface area (Å²) in [5.74, 6) is 0.422. The van der Waals surface area contributed by atoms with Gasteiger partial charge >= 0.3 is 0 Å². The van der Waals surface area contributed by atoms with Crippen LogP contribution in [-0.4, -0.2) is 44.0 Å². The zero-order valence-electron chi connectivity index (χ0n) is 13.4. The van der Waals surface area contributed by atoms with Crippen LogP contribution in [0.25, 0.3) is 0 Å². The number of carbonyl (C=O) groups is 1. The fourth-order valence-electron chi connectivity index (χ4n) is 1.73. The number of nitrogens with one attached hydrogen (secondary N) is 1. The molecule has 0 aliphatic carbocycles. The second-order valence-electron chi connectivity index (χ2n) is 5.24. The molecule has 0 aliphatic heterocycles. The number of hydrogen-bond acceptors (Lipinski definition) is 2. The van der Waals surface area contributed by atoms with Gasteiger partial charge in [-0.15, -0.1) is 24.0 Å². The molecule has 1 aromatic carbocycles.